The first-order valence-electron chi connectivity index (χ1n) is 10.8. The largest absolute Gasteiger partial charge is 0.497 e. The van der Waals surface area contributed by atoms with Gasteiger partial charge in [-0.3, -0.25) is 4.79 Å². The predicted octanol–water partition coefficient (Wildman–Crippen LogP) is 5.67. The highest BCUT2D eigenvalue weighted by molar-refractivity contribution is 5.85. The van der Waals surface area contributed by atoms with Gasteiger partial charge in [-0.2, -0.15) is 0 Å². The van der Waals surface area contributed by atoms with E-state index in [-0.39, 0.29) is 17.3 Å². The molecule has 2 aromatic rings. The molecule has 4 atom stereocenters. The van der Waals surface area contributed by atoms with Crippen LogP contribution in [-0.4, -0.2) is 25.2 Å². The molecule has 1 saturated carbocycles. The number of aromatic amines is 1. The van der Waals surface area contributed by atoms with Crippen molar-refractivity contribution in [3.8, 4) is 5.75 Å². The van der Waals surface area contributed by atoms with E-state index < -0.39 is 5.41 Å². The molecule has 1 heterocycles. The van der Waals surface area contributed by atoms with Crippen LogP contribution in [0.15, 0.2) is 36.0 Å². The molecule has 0 spiro atoms. The minimum Gasteiger partial charge on any atom is -0.497 e. The highest BCUT2D eigenvalue weighted by Crippen LogP contribution is 2.58. The Morgan fingerprint density at radius 2 is 2.03 bits per heavy atom. The molecule has 29 heavy (non-hydrogen) atoms. The van der Waals surface area contributed by atoms with E-state index in [9.17, 15) is 4.79 Å². The summed E-state index contributed by atoms with van der Waals surface area (Å²) in [5.74, 6) is 1.65. The number of benzene rings is 1. The van der Waals surface area contributed by atoms with Crippen LogP contribution < -0.4 is 4.74 Å². The summed E-state index contributed by atoms with van der Waals surface area (Å²) in [6.07, 6.45) is 9.56. The number of hydrogen-bond donors (Lipinski definition) is 1. The van der Waals surface area contributed by atoms with Gasteiger partial charge in [0.05, 0.1) is 19.6 Å². The SMILES string of the molecule is COC(=O)[C@@]1(C)CCC=C2[C@@H]1CC[C@@H](C)[C@]2(C)Cc1c[nH]c2ccc(OC)cc12. The second-order valence-corrected chi connectivity index (χ2v) is 9.46. The summed E-state index contributed by atoms with van der Waals surface area (Å²) in [7, 11) is 3.23. The minimum absolute atomic E-state index is 0.0246. The fourth-order valence-corrected chi connectivity index (χ4v) is 5.89. The fraction of sp³-hybridized carbons (Fsp3) is 0.560. The lowest BCUT2D eigenvalue weighted by molar-refractivity contribution is -0.156. The molecule has 0 radical (unpaired) electrons. The predicted molar refractivity (Wildman–Crippen MR) is 116 cm³/mol. The quantitative estimate of drug-likeness (QED) is 0.536. The Hall–Kier alpha value is -2.23. The van der Waals surface area contributed by atoms with Gasteiger partial charge in [0.1, 0.15) is 5.75 Å². The van der Waals surface area contributed by atoms with Gasteiger partial charge in [-0.15, -0.1) is 0 Å². The molecule has 156 valence electrons. The number of methoxy groups -OCH3 is 2. The lowest BCUT2D eigenvalue weighted by Gasteiger charge is -2.52. The third-order valence-electron chi connectivity index (χ3n) is 7.99. The number of aromatic nitrogens is 1. The molecule has 1 N–H and O–H groups in total. The Balaban J connectivity index is 1.74. The topological polar surface area (TPSA) is 51.3 Å². The van der Waals surface area contributed by atoms with Gasteiger partial charge in [0.15, 0.2) is 0 Å². The van der Waals surface area contributed by atoms with Crippen molar-refractivity contribution in [2.45, 2.75) is 52.9 Å². The molecular weight excluding hydrogens is 362 g/mol. The second-order valence-electron chi connectivity index (χ2n) is 9.46. The number of hydrogen-bond acceptors (Lipinski definition) is 3. The van der Waals surface area contributed by atoms with E-state index in [1.807, 2.05) is 6.07 Å². The maximum atomic E-state index is 12.7. The molecule has 4 heteroatoms. The summed E-state index contributed by atoms with van der Waals surface area (Å²) >= 11 is 0. The van der Waals surface area contributed by atoms with E-state index in [2.05, 4.69) is 50.2 Å². The van der Waals surface area contributed by atoms with Gasteiger partial charge < -0.3 is 14.5 Å². The average molecular weight is 396 g/mol. The van der Waals surface area contributed by atoms with Crippen molar-refractivity contribution in [2.75, 3.05) is 14.2 Å². The molecule has 2 aliphatic carbocycles. The number of allylic oxidation sites excluding steroid dienone is 2. The Labute approximate surface area is 173 Å². The number of esters is 1. The van der Waals surface area contributed by atoms with Gasteiger partial charge in [0, 0.05) is 17.1 Å². The molecule has 0 unspecified atom stereocenters. The van der Waals surface area contributed by atoms with E-state index in [0.29, 0.717) is 5.92 Å². The van der Waals surface area contributed by atoms with Crippen molar-refractivity contribution < 1.29 is 14.3 Å². The number of rotatable bonds is 4. The third kappa shape index (κ3) is 3.08. The normalized spacial score (nSPS) is 31.8. The number of carbonyl (C=O) groups excluding carboxylic acids is 1. The smallest absolute Gasteiger partial charge is 0.312 e. The molecule has 1 aromatic carbocycles. The zero-order valence-electron chi connectivity index (χ0n) is 18.3. The van der Waals surface area contributed by atoms with Crippen molar-refractivity contribution >= 4 is 16.9 Å². The zero-order chi connectivity index (χ0) is 20.8. The lowest BCUT2D eigenvalue weighted by atomic mass is 9.51. The first-order valence-corrected chi connectivity index (χ1v) is 10.8. The number of fused-ring (bicyclic) bond motifs is 2. The van der Waals surface area contributed by atoms with Gasteiger partial charge in [-0.05, 0) is 80.0 Å². The molecule has 4 nitrogen and oxygen atoms in total. The first kappa shape index (κ1) is 20.1. The summed E-state index contributed by atoms with van der Waals surface area (Å²) in [5.41, 5.74) is 3.54. The maximum Gasteiger partial charge on any atom is 0.312 e. The molecule has 4 rings (SSSR count). The lowest BCUT2D eigenvalue weighted by Crippen LogP contribution is -2.48. The third-order valence-corrected chi connectivity index (χ3v) is 7.99. The highest BCUT2D eigenvalue weighted by atomic mass is 16.5. The Kier molecular flexibility index (Phi) is 5.00. The zero-order valence-corrected chi connectivity index (χ0v) is 18.3. The number of ether oxygens (including phenoxy) is 2. The van der Waals surface area contributed by atoms with Crippen molar-refractivity contribution in [1.82, 2.24) is 4.98 Å². The summed E-state index contributed by atoms with van der Waals surface area (Å²) in [4.78, 5) is 16.2. The van der Waals surface area contributed by atoms with Crippen molar-refractivity contribution in [1.29, 1.82) is 0 Å². The standard InChI is InChI=1S/C25H33NO3/c1-16-8-10-21-20(7-6-12-24(21,2)23(27)29-5)25(16,3)14-17-15-26-22-11-9-18(28-4)13-19(17)22/h7,9,11,13,15-16,21,26H,6,8,10,12,14H2,1-5H3/t16-,21+,24+,25+/m1/s1. The summed E-state index contributed by atoms with van der Waals surface area (Å²) in [6.45, 7) is 6.89. The van der Waals surface area contributed by atoms with Crippen molar-refractivity contribution in [2.24, 2.45) is 22.7 Å². The first-order chi connectivity index (χ1) is 13.8. The molecule has 0 amide bonds. The van der Waals surface area contributed by atoms with Gasteiger partial charge in [-0.1, -0.05) is 25.5 Å². The van der Waals surface area contributed by atoms with Gasteiger partial charge in [-0.25, -0.2) is 0 Å². The summed E-state index contributed by atoms with van der Waals surface area (Å²) in [6, 6.07) is 6.21. The maximum absolute atomic E-state index is 12.7. The van der Waals surface area contributed by atoms with Crippen LogP contribution in [-0.2, 0) is 16.0 Å². The number of carbonyl (C=O) groups is 1. The van der Waals surface area contributed by atoms with Crippen molar-refractivity contribution in [3.05, 3.63) is 41.6 Å². The minimum atomic E-state index is -0.413. The average Bonchev–Trinajstić information content (AvgIpc) is 3.12. The fourth-order valence-electron chi connectivity index (χ4n) is 5.89. The Morgan fingerprint density at radius 1 is 1.24 bits per heavy atom. The van der Waals surface area contributed by atoms with Gasteiger partial charge in [0.2, 0.25) is 0 Å². The molecule has 0 aliphatic heterocycles. The van der Waals surface area contributed by atoms with E-state index in [1.54, 1.807) is 7.11 Å². The molecule has 0 bridgehead atoms. The second kappa shape index (κ2) is 7.23. The van der Waals surface area contributed by atoms with Crippen LogP contribution in [0.25, 0.3) is 10.9 Å². The van der Waals surface area contributed by atoms with Crippen LogP contribution in [0.2, 0.25) is 0 Å². The van der Waals surface area contributed by atoms with Crippen LogP contribution in [0, 0.1) is 22.7 Å². The molecule has 1 aromatic heterocycles. The molecule has 0 saturated heterocycles. The van der Waals surface area contributed by atoms with Crippen LogP contribution in [0.3, 0.4) is 0 Å². The van der Waals surface area contributed by atoms with Crippen LogP contribution in [0.5, 0.6) is 5.75 Å². The molecule has 2 aliphatic rings. The van der Waals surface area contributed by atoms with E-state index in [0.717, 1.165) is 43.4 Å². The van der Waals surface area contributed by atoms with Crippen LogP contribution >= 0.6 is 0 Å². The summed E-state index contributed by atoms with van der Waals surface area (Å²) in [5, 5.41) is 1.23. The van der Waals surface area contributed by atoms with E-state index in [1.165, 1.54) is 23.6 Å². The monoisotopic (exact) mass is 395 g/mol. The highest BCUT2D eigenvalue weighted by Gasteiger charge is 2.53. The van der Waals surface area contributed by atoms with E-state index in [4.69, 9.17) is 9.47 Å². The van der Waals surface area contributed by atoms with Crippen LogP contribution in [0.4, 0.5) is 0 Å². The summed E-state index contributed by atoms with van der Waals surface area (Å²) < 4.78 is 10.7. The molecular formula is C25H33NO3. The van der Waals surface area contributed by atoms with E-state index >= 15 is 0 Å². The number of nitrogens with one attached hydrogen (secondary N) is 1. The Bertz CT molecular complexity index is 958. The van der Waals surface area contributed by atoms with Gasteiger partial charge in [0.25, 0.3) is 0 Å². The van der Waals surface area contributed by atoms with Crippen molar-refractivity contribution in [3.63, 3.8) is 0 Å². The number of H-pyrrole nitrogens is 1. The van der Waals surface area contributed by atoms with Gasteiger partial charge >= 0.3 is 5.97 Å². The molecule has 1 fully saturated rings. The Morgan fingerprint density at radius 3 is 2.76 bits per heavy atom. The van der Waals surface area contributed by atoms with Crippen LogP contribution in [0.1, 0.15) is 52.0 Å².